The molecule has 0 spiro atoms. The third kappa shape index (κ3) is 8.48. The molecule has 13 nitrogen and oxygen atoms in total. The van der Waals surface area contributed by atoms with Crippen LogP contribution in [0.4, 0.5) is 4.79 Å². The summed E-state index contributed by atoms with van der Waals surface area (Å²) in [6, 6.07) is 12.7. The molecule has 2 N–H and O–H groups in total. The Hall–Kier alpha value is -3.43. The van der Waals surface area contributed by atoms with Gasteiger partial charge in [0, 0.05) is 26.1 Å². The summed E-state index contributed by atoms with van der Waals surface area (Å²) in [7, 11) is -4.20. The lowest BCUT2D eigenvalue weighted by Gasteiger charge is -2.35. The van der Waals surface area contributed by atoms with Crippen molar-refractivity contribution in [2.45, 2.75) is 69.5 Å². The molecular formula is C32H42N2O11S. The topological polar surface area (TPSA) is 159 Å². The zero-order chi connectivity index (χ0) is 32.9. The molecular weight excluding hydrogens is 620 g/mol. The van der Waals surface area contributed by atoms with E-state index in [4.69, 9.17) is 28.4 Å². The second kappa shape index (κ2) is 14.6. The number of fused-ring (bicyclic) bond motifs is 2. The number of amides is 1. The average molecular weight is 663 g/mol. The minimum absolute atomic E-state index is 0.0191. The Balaban J connectivity index is 1.37. The van der Waals surface area contributed by atoms with Crippen LogP contribution >= 0.6 is 0 Å². The maximum Gasteiger partial charge on any atom is 0.407 e. The van der Waals surface area contributed by atoms with E-state index in [-0.39, 0.29) is 50.3 Å². The molecule has 5 atom stereocenters. The first-order valence-electron chi connectivity index (χ1n) is 15.4. The zero-order valence-electron chi connectivity index (χ0n) is 26.3. The number of hydrogen-bond acceptors (Lipinski definition) is 11. The number of carbonyl (C=O) groups excluding carboxylic acids is 2. The minimum atomic E-state index is -4.20. The lowest BCUT2D eigenvalue weighted by Crippen LogP contribution is -2.52. The van der Waals surface area contributed by atoms with E-state index in [2.05, 4.69) is 5.32 Å². The SMILES string of the molecule is CC(=O)OCCC(C)(C)CN(C[C@@H](O)[C@H](Cc1ccccc1)NC(=O)O[C@H]1CO[C@H]2OCC[C@H]21)S(=O)(=O)c1ccc2c(c1)OCO2. The van der Waals surface area contributed by atoms with Crippen LogP contribution in [0.15, 0.2) is 53.4 Å². The highest BCUT2D eigenvalue weighted by atomic mass is 32.2. The summed E-state index contributed by atoms with van der Waals surface area (Å²) in [6.07, 6.45) is -1.70. The van der Waals surface area contributed by atoms with Crippen molar-refractivity contribution in [1.82, 2.24) is 9.62 Å². The van der Waals surface area contributed by atoms with Gasteiger partial charge in [-0.25, -0.2) is 13.2 Å². The number of aliphatic hydroxyl groups excluding tert-OH is 1. The van der Waals surface area contributed by atoms with Gasteiger partial charge in [0.05, 0.1) is 42.8 Å². The van der Waals surface area contributed by atoms with Gasteiger partial charge in [-0.2, -0.15) is 4.31 Å². The van der Waals surface area contributed by atoms with Gasteiger partial charge in [-0.05, 0) is 42.4 Å². The second-order valence-corrected chi connectivity index (χ2v) is 14.5. The van der Waals surface area contributed by atoms with Crippen molar-refractivity contribution in [3.8, 4) is 11.5 Å². The molecule has 2 fully saturated rings. The van der Waals surface area contributed by atoms with Crippen molar-refractivity contribution >= 4 is 22.1 Å². The van der Waals surface area contributed by atoms with Gasteiger partial charge in [0.2, 0.25) is 16.8 Å². The molecule has 0 unspecified atom stereocenters. The van der Waals surface area contributed by atoms with Gasteiger partial charge in [0.25, 0.3) is 0 Å². The van der Waals surface area contributed by atoms with Crippen LogP contribution in [0.25, 0.3) is 0 Å². The molecule has 3 aliphatic rings. The van der Waals surface area contributed by atoms with Crippen molar-refractivity contribution in [2.24, 2.45) is 11.3 Å². The van der Waals surface area contributed by atoms with Crippen LogP contribution in [0.5, 0.6) is 11.5 Å². The molecule has 3 heterocycles. The fraction of sp³-hybridized carbons (Fsp3) is 0.562. The van der Waals surface area contributed by atoms with Gasteiger partial charge in [-0.1, -0.05) is 44.2 Å². The number of esters is 1. The van der Waals surface area contributed by atoms with Gasteiger partial charge >= 0.3 is 12.1 Å². The van der Waals surface area contributed by atoms with Gasteiger partial charge in [0.15, 0.2) is 17.8 Å². The predicted molar refractivity (Wildman–Crippen MR) is 163 cm³/mol. The quantitative estimate of drug-likeness (QED) is 0.287. The number of alkyl carbamates (subject to hydrolysis) is 1. The number of hydrogen-bond donors (Lipinski definition) is 2. The third-order valence-electron chi connectivity index (χ3n) is 8.37. The standard InChI is InChI=1S/C32H42N2O11S/c1-21(35)40-14-12-32(2,3)19-34(46(38,39)23-9-10-27-28(16-23)44-20-43-27)17-26(36)25(15-22-7-5-4-6-8-22)33-31(37)45-29-18-42-30-24(29)11-13-41-30/h4-10,16,24-26,29-30,36H,11-15,17-20H2,1-3H3,(H,33,37)/t24-,25-,26+,29-,30+/m0/s1. The smallest absolute Gasteiger partial charge is 0.407 e. The van der Waals surface area contributed by atoms with Crippen LogP contribution in [-0.4, -0.2) is 94.1 Å². The summed E-state index contributed by atoms with van der Waals surface area (Å²) >= 11 is 0. The van der Waals surface area contributed by atoms with Crippen molar-refractivity contribution in [2.75, 3.05) is 39.7 Å². The Morgan fingerprint density at radius 2 is 1.87 bits per heavy atom. The highest BCUT2D eigenvalue weighted by molar-refractivity contribution is 7.89. The Kier molecular flexibility index (Phi) is 10.7. The molecule has 252 valence electrons. The summed E-state index contributed by atoms with van der Waals surface area (Å²) in [5, 5.41) is 14.5. The van der Waals surface area contributed by atoms with E-state index in [0.29, 0.717) is 30.9 Å². The Labute approximate surface area is 269 Å². The average Bonchev–Trinajstić information content (AvgIpc) is 3.75. The van der Waals surface area contributed by atoms with E-state index >= 15 is 0 Å². The van der Waals surface area contributed by atoms with Crippen molar-refractivity contribution < 1.29 is 51.5 Å². The first kappa shape index (κ1) is 33.9. The molecule has 46 heavy (non-hydrogen) atoms. The molecule has 2 aromatic carbocycles. The number of rotatable bonds is 14. The number of nitrogens with one attached hydrogen (secondary N) is 1. The number of sulfonamides is 1. The molecule has 0 bridgehead atoms. The molecule has 14 heteroatoms. The van der Waals surface area contributed by atoms with Gasteiger partial charge < -0.3 is 38.8 Å². The van der Waals surface area contributed by atoms with E-state index in [1.807, 2.05) is 44.2 Å². The number of aliphatic hydroxyl groups is 1. The largest absolute Gasteiger partial charge is 0.466 e. The van der Waals surface area contributed by atoms with Crippen LogP contribution < -0.4 is 14.8 Å². The van der Waals surface area contributed by atoms with Crippen LogP contribution in [0.1, 0.15) is 39.2 Å². The summed E-state index contributed by atoms with van der Waals surface area (Å²) < 4.78 is 62.2. The lowest BCUT2D eigenvalue weighted by atomic mass is 9.89. The normalized spacial score (nSPS) is 21.9. The third-order valence-corrected chi connectivity index (χ3v) is 10.2. The van der Waals surface area contributed by atoms with Gasteiger partial charge in [-0.15, -0.1) is 0 Å². The molecule has 3 aliphatic heterocycles. The molecule has 1 amide bonds. The lowest BCUT2D eigenvalue weighted by molar-refractivity contribution is -0.141. The van der Waals surface area contributed by atoms with Crippen molar-refractivity contribution in [1.29, 1.82) is 0 Å². The number of carbonyl (C=O) groups is 2. The predicted octanol–water partition coefficient (Wildman–Crippen LogP) is 2.85. The minimum Gasteiger partial charge on any atom is -0.466 e. The molecule has 0 aliphatic carbocycles. The maximum atomic E-state index is 14.2. The van der Waals surface area contributed by atoms with Crippen LogP contribution in [-0.2, 0) is 40.2 Å². The maximum absolute atomic E-state index is 14.2. The Bertz CT molecular complexity index is 1470. The summed E-state index contributed by atoms with van der Waals surface area (Å²) in [5.41, 5.74) is 0.162. The summed E-state index contributed by atoms with van der Waals surface area (Å²) in [6.45, 7) is 5.46. The molecule has 0 saturated carbocycles. The van der Waals surface area contributed by atoms with Gasteiger partial charge in [0.1, 0.15) is 6.10 Å². The number of nitrogens with zero attached hydrogens (tertiary/aromatic N) is 1. The number of ether oxygens (including phenoxy) is 6. The van der Waals surface area contributed by atoms with Crippen LogP contribution in [0.2, 0.25) is 0 Å². The van der Waals surface area contributed by atoms with E-state index in [0.717, 1.165) is 5.56 Å². The highest BCUT2D eigenvalue weighted by Crippen LogP contribution is 2.36. The first-order chi connectivity index (χ1) is 21.9. The molecule has 2 saturated heterocycles. The van der Waals surface area contributed by atoms with Crippen molar-refractivity contribution in [3.63, 3.8) is 0 Å². The molecule has 0 radical (unpaired) electrons. The first-order valence-corrected chi connectivity index (χ1v) is 16.8. The summed E-state index contributed by atoms with van der Waals surface area (Å²) in [4.78, 5) is 24.5. The van der Waals surface area contributed by atoms with E-state index < -0.39 is 52.0 Å². The number of benzene rings is 2. The Morgan fingerprint density at radius 3 is 2.63 bits per heavy atom. The second-order valence-electron chi connectivity index (χ2n) is 12.5. The highest BCUT2D eigenvalue weighted by Gasteiger charge is 2.44. The van der Waals surface area contributed by atoms with E-state index in [1.165, 1.54) is 29.4 Å². The van der Waals surface area contributed by atoms with Crippen molar-refractivity contribution in [3.05, 3.63) is 54.1 Å². The molecule has 2 aromatic rings. The van der Waals surface area contributed by atoms with Crippen LogP contribution in [0.3, 0.4) is 0 Å². The van der Waals surface area contributed by atoms with Crippen LogP contribution in [0, 0.1) is 11.3 Å². The monoisotopic (exact) mass is 662 g/mol. The van der Waals surface area contributed by atoms with Gasteiger partial charge in [-0.3, -0.25) is 4.79 Å². The fourth-order valence-electron chi connectivity index (χ4n) is 5.82. The molecule has 0 aromatic heterocycles. The van der Waals surface area contributed by atoms with E-state index in [1.54, 1.807) is 0 Å². The van der Waals surface area contributed by atoms with E-state index in [9.17, 15) is 23.1 Å². The Morgan fingerprint density at radius 1 is 1.11 bits per heavy atom. The zero-order valence-corrected chi connectivity index (χ0v) is 27.1. The molecule has 5 rings (SSSR count). The summed E-state index contributed by atoms with van der Waals surface area (Å²) in [5.74, 6) is 0.228. The fourth-order valence-corrected chi connectivity index (χ4v) is 7.48.